The zero-order chi connectivity index (χ0) is 22.8. The summed E-state index contributed by atoms with van der Waals surface area (Å²) in [6.07, 6.45) is -1.90. The fraction of sp³-hybridized carbons (Fsp3) is 0.440. The highest BCUT2D eigenvalue weighted by atomic mass is 16.6. The zero-order valence-corrected chi connectivity index (χ0v) is 18.1. The molecule has 7 heteroatoms. The number of para-hydroxylation sites is 1. The molecule has 32 heavy (non-hydrogen) atoms. The number of aryl methyl sites for hydroxylation is 2. The Morgan fingerprint density at radius 2 is 1.62 bits per heavy atom. The molecule has 1 aliphatic rings. The third kappa shape index (κ3) is 4.32. The van der Waals surface area contributed by atoms with Gasteiger partial charge in [-0.1, -0.05) is 42.5 Å². The Hall–Kier alpha value is -2.26. The van der Waals surface area contributed by atoms with Gasteiger partial charge in [-0.15, -0.1) is 0 Å². The molecule has 0 spiro atoms. The molecule has 1 saturated heterocycles. The highest BCUT2D eigenvalue weighted by Crippen LogP contribution is 2.35. The molecule has 172 valence electrons. The average Bonchev–Trinajstić information content (AvgIpc) is 3.16. The van der Waals surface area contributed by atoms with Crippen LogP contribution in [-0.2, 0) is 17.6 Å². The van der Waals surface area contributed by atoms with Gasteiger partial charge in [0.05, 0.1) is 12.1 Å². The first-order valence-corrected chi connectivity index (χ1v) is 11.0. The Labute approximate surface area is 187 Å². The van der Waals surface area contributed by atoms with Gasteiger partial charge in [0.2, 0.25) is 0 Å². The monoisotopic (exact) mass is 441 g/mol. The van der Waals surface area contributed by atoms with E-state index in [1.54, 1.807) is 4.57 Å². The predicted molar refractivity (Wildman–Crippen MR) is 120 cm³/mol. The van der Waals surface area contributed by atoms with E-state index in [-0.39, 0.29) is 6.61 Å². The molecule has 7 nitrogen and oxygen atoms in total. The molecule has 5 N–H and O–H groups in total. The quantitative estimate of drug-likeness (QED) is 0.379. The highest BCUT2D eigenvalue weighted by molar-refractivity contribution is 5.87. The lowest BCUT2D eigenvalue weighted by atomic mass is 9.98. The molecule has 4 rings (SSSR count). The van der Waals surface area contributed by atoms with Crippen LogP contribution in [0.1, 0.15) is 34.9 Å². The first-order valence-electron chi connectivity index (χ1n) is 11.0. The van der Waals surface area contributed by atoms with Crippen molar-refractivity contribution in [1.82, 2.24) is 4.57 Å². The van der Waals surface area contributed by atoms with Crippen LogP contribution in [0, 0.1) is 6.92 Å². The van der Waals surface area contributed by atoms with Gasteiger partial charge in [-0.2, -0.15) is 0 Å². The van der Waals surface area contributed by atoms with Crippen molar-refractivity contribution in [2.75, 3.05) is 13.2 Å². The van der Waals surface area contributed by atoms with E-state index >= 15 is 0 Å². The van der Waals surface area contributed by atoms with Crippen LogP contribution in [0.5, 0.6) is 0 Å². The summed E-state index contributed by atoms with van der Waals surface area (Å²) in [5, 5.41) is 50.7. The van der Waals surface area contributed by atoms with E-state index in [0.717, 1.165) is 40.4 Å². The predicted octanol–water partition coefficient (Wildman–Crippen LogP) is 1.44. The smallest absolute Gasteiger partial charge is 0.163 e. The highest BCUT2D eigenvalue weighted by Gasteiger charge is 2.44. The minimum absolute atomic E-state index is 0.179. The van der Waals surface area contributed by atoms with Crippen LogP contribution in [-0.4, -0.2) is 67.7 Å². The van der Waals surface area contributed by atoms with Crippen LogP contribution in [0.15, 0.2) is 48.7 Å². The van der Waals surface area contributed by atoms with E-state index in [2.05, 4.69) is 24.3 Å². The maximum atomic E-state index is 10.7. The van der Waals surface area contributed by atoms with E-state index in [1.807, 2.05) is 31.3 Å². The van der Waals surface area contributed by atoms with Crippen molar-refractivity contribution in [3.8, 4) is 0 Å². The van der Waals surface area contributed by atoms with Crippen LogP contribution < -0.4 is 0 Å². The lowest BCUT2D eigenvalue weighted by molar-refractivity contribution is -0.250. The summed E-state index contributed by atoms with van der Waals surface area (Å²) >= 11 is 0. The molecule has 0 aliphatic carbocycles. The minimum atomic E-state index is -1.43. The first kappa shape index (κ1) is 22.9. The van der Waals surface area contributed by atoms with Gasteiger partial charge in [-0.05, 0) is 48.4 Å². The van der Waals surface area contributed by atoms with Gasteiger partial charge in [0, 0.05) is 18.2 Å². The minimum Gasteiger partial charge on any atom is -0.396 e. The van der Waals surface area contributed by atoms with E-state index in [9.17, 15) is 20.4 Å². The van der Waals surface area contributed by atoms with Crippen LogP contribution in [0.4, 0.5) is 0 Å². The molecule has 2 heterocycles. The second kappa shape index (κ2) is 9.70. The van der Waals surface area contributed by atoms with E-state index in [0.29, 0.717) is 6.42 Å². The van der Waals surface area contributed by atoms with Crippen molar-refractivity contribution in [2.24, 2.45) is 0 Å². The van der Waals surface area contributed by atoms with Crippen molar-refractivity contribution in [2.45, 2.75) is 56.8 Å². The summed E-state index contributed by atoms with van der Waals surface area (Å²) in [6, 6.07) is 14.3. The van der Waals surface area contributed by atoms with Crippen LogP contribution in [0.2, 0.25) is 0 Å². The van der Waals surface area contributed by atoms with Crippen molar-refractivity contribution < 1.29 is 30.3 Å². The Morgan fingerprint density at radius 1 is 0.906 bits per heavy atom. The number of hydrogen-bond acceptors (Lipinski definition) is 6. The van der Waals surface area contributed by atoms with Crippen molar-refractivity contribution in [3.05, 3.63) is 70.9 Å². The number of fused-ring (bicyclic) bond motifs is 1. The van der Waals surface area contributed by atoms with Crippen LogP contribution in [0.3, 0.4) is 0 Å². The molecule has 1 aromatic heterocycles. The molecule has 0 unspecified atom stereocenters. The summed E-state index contributed by atoms with van der Waals surface area (Å²) < 4.78 is 7.63. The van der Waals surface area contributed by atoms with Gasteiger partial charge in [0.25, 0.3) is 0 Å². The van der Waals surface area contributed by atoms with Crippen molar-refractivity contribution in [3.63, 3.8) is 0 Å². The van der Waals surface area contributed by atoms with Gasteiger partial charge in [-0.25, -0.2) is 0 Å². The summed E-state index contributed by atoms with van der Waals surface area (Å²) in [4.78, 5) is 0. The van der Waals surface area contributed by atoms with Gasteiger partial charge >= 0.3 is 0 Å². The number of hydrogen-bond donors (Lipinski definition) is 5. The third-order valence-electron chi connectivity index (χ3n) is 6.32. The molecule has 0 bridgehead atoms. The molecule has 1 aliphatic heterocycles. The molecular weight excluding hydrogens is 410 g/mol. The molecule has 5 atom stereocenters. The summed E-state index contributed by atoms with van der Waals surface area (Å²) in [6.45, 7) is 1.69. The third-order valence-corrected chi connectivity index (χ3v) is 6.32. The molecule has 0 amide bonds. The summed E-state index contributed by atoms with van der Waals surface area (Å²) in [5.41, 5.74) is 5.23. The maximum absolute atomic E-state index is 10.7. The van der Waals surface area contributed by atoms with E-state index in [4.69, 9.17) is 9.84 Å². The van der Waals surface area contributed by atoms with Gasteiger partial charge in [0.1, 0.15) is 24.4 Å². The number of benzene rings is 2. The fourth-order valence-electron chi connectivity index (χ4n) is 4.54. The largest absolute Gasteiger partial charge is 0.396 e. The van der Waals surface area contributed by atoms with Crippen molar-refractivity contribution >= 4 is 10.9 Å². The molecular formula is C25H31NO6. The van der Waals surface area contributed by atoms with Crippen molar-refractivity contribution in [1.29, 1.82) is 0 Å². The topological polar surface area (TPSA) is 115 Å². The normalized spacial score (nSPS) is 26.0. The van der Waals surface area contributed by atoms with E-state index < -0.39 is 37.3 Å². The second-order valence-electron chi connectivity index (χ2n) is 8.57. The molecule has 3 aromatic rings. The number of aliphatic hydroxyl groups is 5. The lowest BCUT2D eigenvalue weighted by Gasteiger charge is -2.40. The Balaban J connectivity index is 1.69. The Bertz CT molecular complexity index is 1040. The number of aliphatic hydroxyl groups excluding tert-OH is 5. The lowest BCUT2D eigenvalue weighted by Crippen LogP contribution is -2.56. The Morgan fingerprint density at radius 3 is 2.31 bits per heavy atom. The average molecular weight is 442 g/mol. The Kier molecular flexibility index (Phi) is 6.95. The number of aromatic nitrogens is 1. The number of nitrogens with zero attached hydrogens (tertiary/aromatic N) is 1. The standard InChI is InChI=1S/C25H31NO6/c1-15-4-2-6-19-18(12-17-9-7-16(8-10-17)5-3-11-27)13-26(21(15)19)25-24(31)23(30)22(29)20(14-28)32-25/h2,4,6-10,13,20,22-25,27-31H,3,5,11-12,14H2,1H3/t20-,22-,23+,24-,25-/m1/s1. The van der Waals surface area contributed by atoms with Gasteiger partial charge in [-0.3, -0.25) is 0 Å². The SMILES string of the molecule is Cc1cccc2c(Cc3ccc(CCCO)cc3)cn([C@@H]3O[C@H](CO)[C@@H](O)[C@H](O)[C@H]3O)c12. The van der Waals surface area contributed by atoms with Gasteiger partial charge < -0.3 is 34.8 Å². The maximum Gasteiger partial charge on any atom is 0.163 e. The zero-order valence-electron chi connectivity index (χ0n) is 18.1. The summed E-state index contributed by atoms with van der Waals surface area (Å²) in [5.74, 6) is 0. The van der Waals surface area contributed by atoms with Crippen LogP contribution >= 0.6 is 0 Å². The first-order chi connectivity index (χ1) is 15.4. The van der Waals surface area contributed by atoms with Gasteiger partial charge in [0.15, 0.2) is 6.23 Å². The number of ether oxygens (including phenoxy) is 1. The fourth-order valence-corrected chi connectivity index (χ4v) is 4.54. The van der Waals surface area contributed by atoms with E-state index in [1.165, 1.54) is 5.56 Å². The molecule has 2 aromatic carbocycles. The molecule has 1 fully saturated rings. The second-order valence-corrected chi connectivity index (χ2v) is 8.57. The number of rotatable bonds is 7. The molecule has 0 radical (unpaired) electrons. The van der Waals surface area contributed by atoms with Crippen LogP contribution in [0.25, 0.3) is 10.9 Å². The molecule has 0 saturated carbocycles. The summed E-state index contributed by atoms with van der Waals surface area (Å²) in [7, 11) is 0.